The fourth-order valence-corrected chi connectivity index (χ4v) is 3.01. The molecule has 2 aromatic heterocycles. The second-order valence-electron chi connectivity index (χ2n) is 3.79. The van der Waals surface area contributed by atoms with E-state index in [0.29, 0.717) is 0 Å². The molecule has 17 heavy (non-hydrogen) atoms. The molecule has 0 aliphatic carbocycles. The maximum absolute atomic E-state index is 5.78. The fourth-order valence-electron chi connectivity index (χ4n) is 1.72. The van der Waals surface area contributed by atoms with Gasteiger partial charge in [0.05, 0.1) is 4.88 Å². The lowest BCUT2D eigenvalue weighted by molar-refractivity contribution is 0.621. The molecule has 0 fully saturated rings. The molecule has 0 spiro atoms. The van der Waals surface area contributed by atoms with Crippen LogP contribution in [-0.4, -0.2) is 11.2 Å². The Hall–Kier alpha value is -1.26. The van der Waals surface area contributed by atoms with Gasteiger partial charge in [0.1, 0.15) is 5.52 Å². The van der Waals surface area contributed by atoms with Crippen LogP contribution in [0, 0.1) is 6.92 Å². The summed E-state index contributed by atoms with van der Waals surface area (Å²) in [5.41, 5.74) is 3.00. The normalized spacial score (nSPS) is 11.2. The van der Waals surface area contributed by atoms with Crippen molar-refractivity contribution < 1.29 is 4.42 Å². The van der Waals surface area contributed by atoms with Gasteiger partial charge < -0.3 is 4.42 Å². The number of thioether (sulfide) groups is 1. The van der Waals surface area contributed by atoms with Gasteiger partial charge in [-0.15, -0.1) is 23.1 Å². The van der Waals surface area contributed by atoms with E-state index < -0.39 is 0 Å². The highest BCUT2D eigenvalue weighted by Gasteiger charge is 2.11. The molecule has 0 radical (unpaired) electrons. The Kier molecular flexibility index (Phi) is 2.68. The third-order valence-electron chi connectivity index (χ3n) is 2.65. The van der Waals surface area contributed by atoms with E-state index in [2.05, 4.69) is 41.7 Å². The number of aryl methyl sites for hydroxylation is 1. The fraction of sp³-hybridized carbons (Fsp3) is 0.154. The summed E-state index contributed by atoms with van der Waals surface area (Å²) in [6.07, 6.45) is 2.06. The highest BCUT2D eigenvalue weighted by molar-refractivity contribution is 7.98. The lowest BCUT2D eigenvalue weighted by Crippen LogP contribution is -1.74. The number of aromatic nitrogens is 1. The first kappa shape index (κ1) is 10.9. The van der Waals surface area contributed by atoms with E-state index in [9.17, 15) is 0 Å². The van der Waals surface area contributed by atoms with Gasteiger partial charge in [-0.2, -0.15) is 0 Å². The maximum Gasteiger partial charge on any atom is 0.237 e. The van der Waals surface area contributed by atoms with E-state index in [-0.39, 0.29) is 0 Å². The van der Waals surface area contributed by atoms with E-state index in [1.165, 1.54) is 10.5 Å². The van der Waals surface area contributed by atoms with E-state index >= 15 is 0 Å². The minimum absolute atomic E-state index is 0.728. The monoisotopic (exact) mass is 261 g/mol. The minimum atomic E-state index is 0.728. The summed E-state index contributed by atoms with van der Waals surface area (Å²) >= 11 is 3.38. The molecule has 86 valence electrons. The van der Waals surface area contributed by atoms with Crippen molar-refractivity contribution in [1.82, 2.24) is 4.98 Å². The topological polar surface area (TPSA) is 26.0 Å². The van der Waals surface area contributed by atoms with E-state index in [0.717, 1.165) is 21.9 Å². The van der Waals surface area contributed by atoms with Crippen LogP contribution in [0.4, 0.5) is 0 Å². The Labute approximate surface area is 108 Å². The van der Waals surface area contributed by atoms with Crippen molar-refractivity contribution in [3.8, 4) is 10.8 Å². The molecular weight excluding hydrogens is 250 g/mol. The van der Waals surface area contributed by atoms with Gasteiger partial charge >= 0.3 is 0 Å². The third-order valence-corrected chi connectivity index (χ3v) is 4.38. The smallest absolute Gasteiger partial charge is 0.237 e. The van der Waals surface area contributed by atoms with Crippen LogP contribution in [-0.2, 0) is 0 Å². The number of thiophene rings is 1. The average Bonchev–Trinajstić information content (AvgIpc) is 2.93. The standard InChI is InChI=1S/C13H11NOS2/c1-8-5-6-17-12(8)13-14-10-7-9(16-2)3-4-11(10)15-13/h3-7H,1-2H3. The number of oxazole rings is 1. The summed E-state index contributed by atoms with van der Waals surface area (Å²) in [7, 11) is 0. The summed E-state index contributed by atoms with van der Waals surface area (Å²) in [5.74, 6) is 0.728. The van der Waals surface area contributed by atoms with Gasteiger partial charge in [0.2, 0.25) is 5.89 Å². The Morgan fingerprint density at radius 2 is 2.18 bits per heavy atom. The molecule has 0 unspecified atom stereocenters. The highest BCUT2D eigenvalue weighted by atomic mass is 32.2. The van der Waals surface area contributed by atoms with E-state index in [4.69, 9.17) is 4.42 Å². The second-order valence-corrected chi connectivity index (χ2v) is 5.58. The molecular formula is C13H11NOS2. The summed E-state index contributed by atoms with van der Waals surface area (Å²) in [6, 6.07) is 8.20. The van der Waals surface area contributed by atoms with Crippen LogP contribution < -0.4 is 0 Å². The second kappa shape index (κ2) is 4.20. The number of fused-ring (bicyclic) bond motifs is 1. The molecule has 4 heteroatoms. The number of benzene rings is 1. The zero-order valence-corrected chi connectivity index (χ0v) is 11.2. The van der Waals surface area contributed by atoms with Crippen molar-refractivity contribution in [1.29, 1.82) is 0 Å². The summed E-state index contributed by atoms with van der Waals surface area (Å²) in [6.45, 7) is 2.08. The first-order valence-corrected chi connectivity index (χ1v) is 7.37. The zero-order valence-electron chi connectivity index (χ0n) is 9.56. The third kappa shape index (κ3) is 1.87. The van der Waals surface area contributed by atoms with Crippen molar-refractivity contribution in [2.45, 2.75) is 11.8 Å². The molecule has 0 atom stereocenters. The van der Waals surface area contributed by atoms with Crippen molar-refractivity contribution in [3.63, 3.8) is 0 Å². The number of hydrogen-bond acceptors (Lipinski definition) is 4. The SMILES string of the molecule is CSc1ccc2oc(-c3sccc3C)nc2c1. The minimum Gasteiger partial charge on any atom is -0.435 e. The van der Waals surface area contributed by atoms with Crippen LogP contribution in [0.15, 0.2) is 39.0 Å². The Balaban J connectivity index is 2.17. The average molecular weight is 261 g/mol. The molecule has 3 rings (SSSR count). The van der Waals surface area contributed by atoms with Crippen molar-refractivity contribution in [2.75, 3.05) is 6.26 Å². The first-order chi connectivity index (χ1) is 8.28. The molecule has 0 N–H and O–H groups in total. The van der Waals surface area contributed by atoms with Gasteiger partial charge in [0.25, 0.3) is 0 Å². The van der Waals surface area contributed by atoms with Crippen molar-refractivity contribution in [2.24, 2.45) is 0 Å². The summed E-state index contributed by atoms with van der Waals surface area (Å²) in [4.78, 5) is 6.88. The molecule has 0 saturated carbocycles. The van der Waals surface area contributed by atoms with Gasteiger partial charge in [0, 0.05) is 4.90 Å². The van der Waals surface area contributed by atoms with Crippen LogP contribution in [0.5, 0.6) is 0 Å². The number of hydrogen-bond donors (Lipinski definition) is 0. The molecule has 0 amide bonds. The van der Waals surface area contributed by atoms with Crippen LogP contribution in [0.1, 0.15) is 5.56 Å². The Morgan fingerprint density at radius 3 is 2.88 bits per heavy atom. The van der Waals surface area contributed by atoms with E-state index in [1.807, 2.05) is 6.07 Å². The number of rotatable bonds is 2. The highest BCUT2D eigenvalue weighted by Crippen LogP contribution is 2.32. The predicted molar refractivity (Wildman–Crippen MR) is 73.8 cm³/mol. The molecule has 3 aromatic rings. The van der Waals surface area contributed by atoms with Gasteiger partial charge in [-0.3, -0.25) is 0 Å². The van der Waals surface area contributed by atoms with Crippen LogP contribution in [0.3, 0.4) is 0 Å². The molecule has 2 heterocycles. The lowest BCUT2D eigenvalue weighted by atomic mass is 10.3. The summed E-state index contributed by atoms with van der Waals surface area (Å²) in [5, 5.41) is 2.06. The molecule has 1 aromatic carbocycles. The van der Waals surface area contributed by atoms with Gasteiger partial charge in [-0.05, 0) is 48.4 Å². The maximum atomic E-state index is 5.78. The van der Waals surface area contributed by atoms with Crippen LogP contribution in [0.2, 0.25) is 0 Å². The zero-order chi connectivity index (χ0) is 11.8. The molecule has 0 bridgehead atoms. The molecule has 0 aliphatic rings. The van der Waals surface area contributed by atoms with Gasteiger partial charge in [0.15, 0.2) is 5.58 Å². The molecule has 0 saturated heterocycles. The van der Waals surface area contributed by atoms with Crippen molar-refractivity contribution >= 4 is 34.2 Å². The Bertz CT molecular complexity index is 669. The van der Waals surface area contributed by atoms with Gasteiger partial charge in [-0.25, -0.2) is 4.98 Å². The Morgan fingerprint density at radius 1 is 1.29 bits per heavy atom. The molecule has 2 nitrogen and oxygen atoms in total. The predicted octanol–water partition coefficient (Wildman–Crippen LogP) is 4.59. The van der Waals surface area contributed by atoms with Gasteiger partial charge in [-0.1, -0.05) is 0 Å². The lowest BCUT2D eigenvalue weighted by Gasteiger charge is -1.92. The largest absolute Gasteiger partial charge is 0.435 e. The number of nitrogens with zero attached hydrogens (tertiary/aromatic N) is 1. The van der Waals surface area contributed by atoms with E-state index in [1.54, 1.807) is 23.1 Å². The van der Waals surface area contributed by atoms with Crippen molar-refractivity contribution in [3.05, 3.63) is 35.2 Å². The first-order valence-electron chi connectivity index (χ1n) is 5.27. The van der Waals surface area contributed by atoms with Crippen LogP contribution in [0.25, 0.3) is 21.9 Å². The molecule has 0 aliphatic heterocycles. The van der Waals surface area contributed by atoms with Crippen LogP contribution >= 0.6 is 23.1 Å². The summed E-state index contributed by atoms with van der Waals surface area (Å²) < 4.78 is 5.78. The quantitative estimate of drug-likeness (QED) is 0.631.